The van der Waals surface area contributed by atoms with Gasteiger partial charge in [-0.25, -0.2) is 14.5 Å². The molecule has 1 N–H and O–H groups in total. The van der Waals surface area contributed by atoms with Crippen molar-refractivity contribution >= 4 is 18.1 Å². The zero-order valence-electron chi connectivity index (χ0n) is 24.2. The van der Waals surface area contributed by atoms with Crippen LogP contribution in [-0.2, 0) is 25.4 Å². The number of carbonyl (C=O) groups excluding carboxylic acids is 3. The van der Waals surface area contributed by atoms with Crippen molar-refractivity contribution in [2.75, 3.05) is 0 Å². The number of hydrogen-bond acceptors (Lipinski definition) is 7. The molecule has 3 amide bonds. The second-order valence-electron chi connectivity index (χ2n) is 12.1. The molecule has 2 saturated heterocycles. The third kappa shape index (κ3) is 6.00. The molecule has 0 saturated carbocycles. The minimum Gasteiger partial charge on any atom is -0.444 e. The van der Waals surface area contributed by atoms with Crippen LogP contribution in [0.2, 0.25) is 0 Å². The standard InChI is InChI=1S/C31H40N2O7/c1-19(27(35)32-20(2)25(38-28(32)36)22-16-12-9-13-17-22)24(34)26-23(18-21-14-10-8-11-15-21)33(31(6,7)39-26)29(37)40-30(3,4)5/h8-17,19-20,23-26,34H,18H2,1-7H3/t19-,20-,23+,24-,25-,26-/m1/s1. The van der Waals surface area contributed by atoms with E-state index in [1.54, 1.807) is 48.5 Å². The normalized spacial score (nSPS) is 25.9. The van der Waals surface area contributed by atoms with Gasteiger partial charge >= 0.3 is 12.2 Å². The lowest BCUT2D eigenvalue weighted by Crippen LogP contribution is -2.53. The lowest BCUT2D eigenvalue weighted by molar-refractivity contribution is -0.145. The van der Waals surface area contributed by atoms with E-state index in [2.05, 4.69) is 0 Å². The number of ether oxygens (including phenoxy) is 3. The summed E-state index contributed by atoms with van der Waals surface area (Å²) in [4.78, 5) is 42.5. The van der Waals surface area contributed by atoms with Crippen LogP contribution < -0.4 is 0 Å². The zero-order valence-corrected chi connectivity index (χ0v) is 24.2. The second kappa shape index (κ2) is 11.2. The van der Waals surface area contributed by atoms with Crippen LogP contribution in [0.15, 0.2) is 60.7 Å². The van der Waals surface area contributed by atoms with E-state index in [0.717, 1.165) is 16.0 Å². The maximum absolute atomic E-state index is 13.7. The highest BCUT2D eigenvalue weighted by molar-refractivity contribution is 5.95. The Morgan fingerprint density at radius 3 is 2.20 bits per heavy atom. The summed E-state index contributed by atoms with van der Waals surface area (Å²) in [6.07, 6.45) is -3.84. The number of aliphatic hydroxyl groups is 1. The molecule has 0 aliphatic carbocycles. The van der Waals surface area contributed by atoms with Crippen molar-refractivity contribution in [3.63, 3.8) is 0 Å². The maximum Gasteiger partial charge on any atom is 0.417 e. The van der Waals surface area contributed by atoms with Gasteiger partial charge in [0.1, 0.15) is 23.5 Å². The zero-order chi connectivity index (χ0) is 29.4. The first-order valence-electron chi connectivity index (χ1n) is 13.7. The van der Waals surface area contributed by atoms with Crippen molar-refractivity contribution in [3.05, 3.63) is 71.8 Å². The van der Waals surface area contributed by atoms with Crippen LogP contribution in [0.5, 0.6) is 0 Å². The number of carbonyl (C=O) groups is 3. The van der Waals surface area contributed by atoms with Crippen molar-refractivity contribution in [1.82, 2.24) is 9.80 Å². The van der Waals surface area contributed by atoms with Crippen LogP contribution in [0.25, 0.3) is 0 Å². The number of benzene rings is 2. The van der Waals surface area contributed by atoms with Gasteiger partial charge in [-0.1, -0.05) is 67.6 Å². The van der Waals surface area contributed by atoms with Gasteiger partial charge in [0.05, 0.1) is 24.1 Å². The number of cyclic esters (lactones) is 1. The summed E-state index contributed by atoms with van der Waals surface area (Å²) in [7, 11) is 0. The smallest absolute Gasteiger partial charge is 0.417 e. The third-order valence-electron chi connectivity index (χ3n) is 7.47. The Morgan fingerprint density at radius 1 is 1.05 bits per heavy atom. The Hall–Kier alpha value is -3.43. The summed E-state index contributed by atoms with van der Waals surface area (Å²) in [5, 5.41) is 11.6. The highest BCUT2D eigenvalue weighted by Gasteiger charge is 2.55. The van der Waals surface area contributed by atoms with Gasteiger partial charge in [-0.3, -0.25) is 9.69 Å². The van der Waals surface area contributed by atoms with Gasteiger partial charge in [-0.15, -0.1) is 0 Å². The first kappa shape index (κ1) is 29.6. The molecule has 2 heterocycles. The SMILES string of the molecule is C[C@@H]1[C@H](c2ccccc2)OC(=O)N1C(=O)[C@H](C)[C@@H](O)[C@@H]1OC(C)(C)N(C(=O)OC(C)(C)C)[C@H]1Cc1ccccc1. The molecule has 2 aromatic carbocycles. The Balaban J connectivity index is 1.60. The Labute approximate surface area is 236 Å². The average Bonchev–Trinajstić information content (AvgIpc) is 3.33. The van der Waals surface area contributed by atoms with Crippen LogP contribution in [0.4, 0.5) is 9.59 Å². The fraction of sp³-hybridized carbons (Fsp3) is 0.516. The molecule has 4 rings (SSSR count). The molecule has 216 valence electrons. The van der Waals surface area contributed by atoms with E-state index in [4.69, 9.17) is 14.2 Å². The van der Waals surface area contributed by atoms with Crippen molar-refractivity contribution in [3.8, 4) is 0 Å². The molecule has 9 heteroatoms. The molecule has 40 heavy (non-hydrogen) atoms. The summed E-state index contributed by atoms with van der Waals surface area (Å²) < 4.78 is 17.6. The molecule has 0 unspecified atom stereocenters. The number of nitrogens with zero attached hydrogens (tertiary/aromatic N) is 2. The topological polar surface area (TPSA) is 106 Å². The highest BCUT2D eigenvalue weighted by atomic mass is 16.6. The van der Waals surface area contributed by atoms with Gasteiger partial charge in [0.15, 0.2) is 0 Å². The number of imide groups is 1. The molecule has 9 nitrogen and oxygen atoms in total. The molecule has 2 aliphatic rings. The molecule has 2 aliphatic heterocycles. The molecular formula is C31H40N2O7. The summed E-state index contributed by atoms with van der Waals surface area (Å²) in [6.45, 7) is 12.1. The maximum atomic E-state index is 13.7. The summed E-state index contributed by atoms with van der Waals surface area (Å²) in [5.41, 5.74) is -0.162. The van der Waals surface area contributed by atoms with Crippen molar-refractivity contribution in [2.45, 2.75) is 96.6 Å². The number of aliphatic hydroxyl groups excluding tert-OH is 1. The Bertz CT molecular complexity index is 1210. The predicted molar refractivity (Wildman–Crippen MR) is 148 cm³/mol. The quantitative estimate of drug-likeness (QED) is 0.533. The van der Waals surface area contributed by atoms with E-state index in [1.165, 1.54) is 4.90 Å². The van der Waals surface area contributed by atoms with Crippen molar-refractivity contribution < 1.29 is 33.7 Å². The van der Waals surface area contributed by atoms with Gasteiger partial charge in [0.2, 0.25) is 5.91 Å². The first-order valence-corrected chi connectivity index (χ1v) is 13.7. The summed E-state index contributed by atoms with van der Waals surface area (Å²) in [6, 6.07) is 17.6. The third-order valence-corrected chi connectivity index (χ3v) is 7.47. The lowest BCUT2D eigenvalue weighted by Gasteiger charge is -2.35. The highest BCUT2D eigenvalue weighted by Crippen LogP contribution is 2.39. The summed E-state index contributed by atoms with van der Waals surface area (Å²) >= 11 is 0. The van der Waals surface area contributed by atoms with Crippen LogP contribution in [-0.4, -0.2) is 68.6 Å². The van der Waals surface area contributed by atoms with Gasteiger partial charge in [0, 0.05) is 0 Å². The van der Waals surface area contributed by atoms with Gasteiger partial charge in [-0.2, -0.15) is 0 Å². The number of hydrogen-bond donors (Lipinski definition) is 1. The van der Waals surface area contributed by atoms with E-state index >= 15 is 0 Å². The Kier molecular flexibility index (Phi) is 8.28. The Morgan fingerprint density at radius 2 is 1.62 bits per heavy atom. The van der Waals surface area contributed by atoms with E-state index < -0.39 is 65.7 Å². The minimum absolute atomic E-state index is 0.365. The van der Waals surface area contributed by atoms with Crippen LogP contribution in [0, 0.1) is 5.92 Å². The number of rotatable bonds is 6. The lowest BCUT2D eigenvalue weighted by atomic mass is 9.90. The molecule has 2 aromatic rings. The number of amides is 3. The minimum atomic E-state index is -1.33. The summed E-state index contributed by atoms with van der Waals surface area (Å²) in [5.74, 6) is -1.60. The molecule has 0 aromatic heterocycles. The van der Waals surface area contributed by atoms with E-state index in [9.17, 15) is 19.5 Å². The van der Waals surface area contributed by atoms with E-state index in [1.807, 2.05) is 60.7 Å². The van der Waals surface area contributed by atoms with Gasteiger partial charge < -0.3 is 19.3 Å². The fourth-order valence-electron chi connectivity index (χ4n) is 5.54. The second-order valence-corrected chi connectivity index (χ2v) is 12.1. The monoisotopic (exact) mass is 552 g/mol. The molecule has 0 spiro atoms. The van der Waals surface area contributed by atoms with Crippen molar-refractivity contribution in [1.29, 1.82) is 0 Å². The van der Waals surface area contributed by atoms with Crippen LogP contribution in [0.3, 0.4) is 0 Å². The molecule has 6 atom stereocenters. The molecular weight excluding hydrogens is 512 g/mol. The van der Waals surface area contributed by atoms with E-state index in [0.29, 0.717) is 6.42 Å². The molecule has 0 bridgehead atoms. The molecule has 2 fully saturated rings. The van der Waals surface area contributed by atoms with Crippen LogP contribution in [0.1, 0.15) is 65.7 Å². The fourth-order valence-corrected chi connectivity index (χ4v) is 5.54. The van der Waals surface area contributed by atoms with Crippen LogP contribution >= 0.6 is 0 Å². The largest absolute Gasteiger partial charge is 0.444 e. The average molecular weight is 553 g/mol. The molecule has 0 radical (unpaired) electrons. The van der Waals surface area contributed by atoms with Crippen molar-refractivity contribution in [2.24, 2.45) is 5.92 Å². The van der Waals surface area contributed by atoms with E-state index in [-0.39, 0.29) is 0 Å². The van der Waals surface area contributed by atoms with Gasteiger partial charge in [0.25, 0.3) is 0 Å². The first-order chi connectivity index (χ1) is 18.7. The van der Waals surface area contributed by atoms with Gasteiger partial charge in [-0.05, 0) is 59.1 Å². The predicted octanol–water partition coefficient (Wildman–Crippen LogP) is 5.08.